The summed E-state index contributed by atoms with van der Waals surface area (Å²) in [4.78, 5) is 6.30. The third-order valence-electron chi connectivity index (χ3n) is 5.67. The van der Waals surface area contributed by atoms with Crippen LogP contribution in [0.4, 0.5) is 10.3 Å². The van der Waals surface area contributed by atoms with Crippen LogP contribution < -0.4 is 4.90 Å². The van der Waals surface area contributed by atoms with Crippen LogP contribution in [0.1, 0.15) is 16.7 Å². The van der Waals surface area contributed by atoms with Gasteiger partial charge in [-0.1, -0.05) is 42.0 Å². The molecular formula is C25H21FN2O3S. The van der Waals surface area contributed by atoms with Crippen molar-refractivity contribution in [2.45, 2.75) is 29.8 Å². The van der Waals surface area contributed by atoms with Gasteiger partial charge in [0.2, 0.25) is 26.6 Å². The van der Waals surface area contributed by atoms with Gasteiger partial charge >= 0.3 is 0 Å². The number of fused-ring (bicyclic) bond motifs is 1. The average molecular weight is 449 g/mol. The summed E-state index contributed by atoms with van der Waals surface area (Å²) in [5, 5.41) is -0.154. The lowest BCUT2D eigenvalue weighted by Crippen LogP contribution is -2.31. The Bertz CT molecular complexity index is 1380. The van der Waals surface area contributed by atoms with Crippen LogP contribution in [0, 0.1) is 12.7 Å². The predicted molar refractivity (Wildman–Crippen MR) is 120 cm³/mol. The molecule has 0 saturated heterocycles. The molecule has 0 radical (unpaired) electrons. The van der Waals surface area contributed by atoms with E-state index in [4.69, 9.17) is 4.42 Å². The summed E-state index contributed by atoms with van der Waals surface area (Å²) in [6.45, 7) is 3.09. The molecule has 4 aromatic rings. The normalized spacial score (nSPS) is 13.8. The summed E-state index contributed by atoms with van der Waals surface area (Å²) in [5.41, 5.74) is 4.13. The molecule has 0 spiro atoms. The molecule has 5 rings (SSSR count). The van der Waals surface area contributed by atoms with E-state index in [1.54, 1.807) is 0 Å². The van der Waals surface area contributed by atoms with Crippen molar-refractivity contribution in [3.63, 3.8) is 0 Å². The molecule has 1 aliphatic heterocycles. The summed E-state index contributed by atoms with van der Waals surface area (Å²) < 4.78 is 46.5. The molecule has 0 unspecified atom stereocenters. The highest BCUT2D eigenvalue weighted by molar-refractivity contribution is 7.91. The minimum Gasteiger partial charge on any atom is -0.419 e. The summed E-state index contributed by atoms with van der Waals surface area (Å²) in [6, 6.07) is 20.4. The maximum absolute atomic E-state index is 13.5. The highest BCUT2D eigenvalue weighted by Gasteiger charge is 2.32. The lowest BCUT2D eigenvalue weighted by atomic mass is 10.0. The molecule has 7 heteroatoms. The highest BCUT2D eigenvalue weighted by atomic mass is 32.2. The molecule has 162 valence electrons. The van der Waals surface area contributed by atoms with Gasteiger partial charge in [-0.25, -0.2) is 12.8 Å². The van der Waals surface area contributed by atoms with Crippen molar-refractivity contribution in [3.8, 4) is 11.5 Å². The largest absolute Gasteiger partial charge is 0.419 e. The Morgan fingerprint density at radius 3 is 2.34 bits per heavy atom. The summed E-state index contributed by atoms with van der Waals surface area (Å²) in [7, 11) is -4.02. The van der Waals surface area contributed by atoms with E-state index in [0.29, 0.717) is 18.7 Å². The van der Waals surface area contributed by atoms with Gasteiger partial charge in [-0.3, -0.25) is 0 Å². The molecule has 3 aromatic carbocycles. The van der Waals surface area contributed by atoms with Crippen LogP contribution in [0.3, 0.4) is 0 Å². The van der Waals surface area contributed by atoms with Gasteiger partial charge in [-0.15, -0.1) is 0 Å². The van der Waals surface area contributed by atoms with Crippen LogP contribution in [0.25, 0.3) is 11.5 Å². The Hall–Kier alpha value is -3.45. The van der Waals surface area contributed by atoms with Crippen molar-refractivity contribution >= 4 is 15.7 Å². The number of aromatic nitrogens is 1. The van der Waals surface area contributed by atoms with Gasteiger partial charge < -0.3 is 9.32 Å². The molecule has 0 bridgehead atoms. The molecule has 1 aliphatic rings. The van der Waals surface area contributed by atoms with E-state index in [9.17, 15) is 12.8 Å². The second-order valence-corrected chi connectivity index (χ2v) is 9.76. The van der Waals surface area contributed by atoms with E-state index < -0.39 is 15.7 Å². The van der Waals surface area contributed by atoms with Gasteiger partial charge in [0, 0.05) is 18.7 Å². The Kier molecular flexibility index (Phi) is 5.06. The van der Waals surface area contributed by atoms with Gasteiger partial charge in [-0.05, 0) is 60.9 Å². The van der Waals surface area contributed by atoms with Crippen LogP contribution in [0.2, 0.25) is 0 Å². The standard InChI is InChI=1S/C25H21FN2O3S/c1-17-6-8-19(9-7-17)23-27-24(32(29,30)22-12-10-21(26)11-13-22)25(31-23)28-15-14-18-4-2-3-5-20(18)16-28/h2-13H,14-16H2,1H3. The predicted octanol–water partition coefficient (Wildman–Crippen LogP) is 5.18. The number of hydrogen-bond donors (Lipinski definition) is 0. The van der Waals surface area contributed by atoms with Gasteiger partial charge in [0.25, 0.3) is 0 Å². The number of oxazole rings is 1. The summed E-state index contributed by atoms with van der Waals surface area (Å²) >= 11 is 0. The minimum atomic E-state index is -4.02. The van der Waals surface area contributed by atoms with Crippen molar-refractivity contribution in [2.75, 3.05) is 11.4 Å². The van der Waals surface area contributed by atoms with E-state index >= 15 is 0 Å². The number of anilines is 1. The van der Waals surface area contributed by atoms with Crippen LogP contribution in [0.5, 0.6) is 0 Å². The van der Waals surface area contributed by atoms with Gasteiger partial charge in [-0.2, -0.15) is 4.98 Å². The van der Waals surface area contributed by atoms with Crippen molar-refractivity contribution < 1.29 is 17.2 Å². The van der Waals surface area contributed by atoms with Crippen molar-refractivity contribution in [3.05, 3.63) is 95.3 Å². The van der Waals surface area contributed by atoms with E-state index in [1.165, 1.54) is 17.7 Å². The Morgan fingerprint density at radius 1 is 0.938 bits per heavy atom. The third-order valence-corrected chi connectivity index (χ3v) is 7.34. The first kappa shape index (κ1) is 20.5. The average Bonchev–Trinajstić information content (AvgIpc) is 3.26. The smallest absolute Gasteiger partial charge is 0.236 e. The second kappa shape index (κ2) is 7.91. The van der Waals surface area contributed by atoms with E-state index in [1.807, 2.05) is 54.3 Å². The van der Waals surface area contributed by atoms with Crippen molar-refractivity contribution in [1.29, 1.82) is 0 Å². The molecule has 0 saturated carbocycles. The molecule has 0 aliphatic carbocycles. The van der Waals surface area contributed by atoms with Crippen LogP contribution in [0.15, 0.2) is 87.1 Å². The highest BCUT2D eigenvalue weighted by Crippen LogP contribution is 2.37. The minimum absolute atomic E-state index is 0.0266. The number of benzene rings is 3. The summed E-state index contributed by atoms with van der Waals surface area (Å²) in [6.07, 6.45) is 0.771. The Balaban J connectivity index is 1.63. The number of rotatable bonds is 4. The van der Waals surface area contributed by atoms with E-state index in [0.717, 1.165) is 29.7 Å². The zero-order valence-corrected chi connectivity index (χ0v) is 18.3. The number of hydrogen-bond acceptors (Lipinski definition) is 5. The number of halogens is 1. The summed E-state index contributed by atoms with van der Waals surface area (Å²) in [5.74, 6) is -0.0590. The first-order chi connectivity index (χ1) is 15.4. The monoisotopic (exact) mass is 448 g/mol. The molecule has 5 nitrogen and oxygen atoms in total. The van der Waals surface area contributed by atoms with Gasteiger partial charge in [0.1, 0.15) is 5.82 Å². The Morgan fingerprint density at radius 2 is 1.62 bits per heavy atom. The SMILES string of the molecule is Cc1ccc(-c2nc(S(=O)(=O)c3ccc(F)cc3)c(N3CCc4ccccc4C3)o2)cc1. The molecule has 0 N–H and O–H groups in total. The van der Waals surface area contributed by atoms with E-state index in [2.05, 4.69) is 11.1 Å². The number of sulfone groups is 1. The fourth-order valence-electron chi connectivity index (χ4n) is 3.89. The molecule has 0 atom stereocenters. The lowest BCUT2D eigenvalue weighted by molar-refractivity contribution is 0.533. The molecule has 0 amide bonds. The topological polar surface area (TPSA) is 63.4 Å². The van der Waals surface area contributed by atoms with Gasteiger partial charge in [0.15, 0.2) is 0 Å². The van der Waals surface area contributed by atoms with E-state index in [-0.39, 0.29) is 21.7 Å². The number of nitrogens with zero attached hydrogens (tertiary/aromatic N) is 2. The third kappa shape index (κ3) is 3.69. The quantitative estimate of drug-likeness (QED) is 0.402. The molecule has 1 aromatic heterocycles. The molecular weight excluding hydrogens is 427 g/mol. The van der Waals surface area contributed by atoms with Crippen LogP contribution >= 0.6 is 0 Å². The van der Waals surface area contributed by atoms with Crippen LogP contribution in [-0.2, 0) is 22.8 Å². The number of aryl methyl sites for hydroxylation is 1. The fraction of sp³-hybridized carbons (Fsp3) is 0.160. The van der Waals surface area contributed by atoms with Crippen molar-refractivity contribution in [2.24, 2.45) is 0 Å². The van der Waals surface area contributed by atoms with Crippen molar-refractivity contribution in [1.82, 2.24) is 4.98 Å². The first-order valence-electron chi connectivity index (χ1n) is 10.3. The second-order valence-electron chi connectivity index (χ2n) is 7.89. The fourth-order valence-corrected chi connectivity index (χ4v) is 5.21. The molecule has 2 heterocycles. The zero-order chi connectivity index (χ0) is 22.3. The lowest BCUT2D eigenvalue weighted by Gasteiger charge is -2.28. The molecule has 0 fully saturated rings. The maximum atomic E-state index is 13.5. The maximum Gasteiger partial charge on any atom is 0.236 e. The van der Waals surface area contributed by atoms with Crippen LogP contribution in [-0.4, -0.2) is 19.9 Å². The van der Waals surface area contributed by atoms with Gasteiger partial charge in [0.05, 0.1) is 4.90 Å². The zero-order valence-electron chi connectivity index (χ0n) is 17.5. The Labute approximate surface area is 186 Å². The molecule has 32 heavy (non-hydrogen) atoms. The first-order valence-corrected chi connectivity index (χ1v) is 11.8.